The number of nitrogens with one attached hydrogen (secondary N) is 3. The molecule has 4 aromatic heterocycles. The third-order valence-electron chi connectivity index (χ3n) is 10.0. The predicted molar refractivity (Wildman–Crippen MR) is 255 cm³/mol. The largest absolute Gasteiger partial charge is 0.364 e. The Bertz CT molecular complexity index is 2710. The Morgan fingerprint density at radius 2 is 1.05 bits per heavy atom. The zero-order chi connectivity index (χ0) is 46.8. The highest BCUT2D eigenvalue weighted by molar-refractivity contribution is 9.10. The van der Waals surface area contributed by atoms with E-state index >= 15 is 0 Å². The van der Waals surface area contributed by atoms with E-state index in [2.05, 4.69) is 52.0 Å². The van der Waals surface area contributed by atoms with Crippen molar-refractivity contribution in [3.63, 3.8) is 0 Å². The molecule has 0 atom stereocenters. The molecule has 2 saturated carbocycles. The second-order valence-electron chi connectivity index (χ2n) is 15.5. The van der Waals surface area contributed by atoms with Gasteiger partial charge in [-0.1, -0.05) is 56.0 Å². The van der Waals surface area contributed by atoms with E-state index in [0.29, 0.717) is 43.9 Å². The van der Waals surface area contributed by atoms with E-state index < -0.39 is 11.8 Å². The number of carbonyl (C=O) groups is 6. The molecule has 0 saturated heterocycles. The van der Waals surface area contributed by atoms with E-state index in [1.807, 2.05) is 39.2 Å². The van der Waals surface area contributed by atoms with Gasteiger partial charge in [0.15, 0.2) is 11.4 Å². The molecule has 4 heterocycles. The van der Waals surface area contributed by atoms with Crippen LogP contribution in [0.1, 0.15) is 54.1 Å². The number of benzene rings is 2. The number of halogens is 1. The molecule has 0 bridgehead atoms. The number of fused-ring (bicyclic) bond motifs is 2. The molecule has 0 unspecified atom stereocenters. The second kappa shape index (κ2) is 22.6. The number of para-hydroxylation sites is 2. The van der Waals surface area contributed by atoms with Gasteiger partial charge in [-0.25, -0.2) is 9.97 Å². The minimum absolute atomic E-state index is 0. The number of primary amides is 2. The number of hydrogen-bond donors (Lipinski definition) is 5. The Morgan fingerprint density at radius 3 is 1.44 bits per heavy atom. The highest BCUT2D eigenvalue weighted by atomic mass is 79.9. The number of nitrogens with two attached hydrogens (primary N) is 2. The summed E-state index contributed by atoms with van der Waals surface area (Å²) >= 11 is 3.26. The Kier molecular flexibility index (Phi) is 17.0. The number of carbonyl (C=O) groups excluding carboxylic acids is 6. The summed E-state index contributed by atoms with van der Waals surface area (Å²) in [4.78, 5) is 88.2. The molecule has 0 spiro atoms. The number of pyridine rings is 2. The lowest BCUT2D eigenvalue weighted by atomic mass is 10.2. The van der Waals surface area contributed by atoms with E-state index in [-0.39, 0.29) is 80.7 Å². The van der Waals surface area contributed by atoms with Gasteiger partial charge in [0.25, 0.3) is 11.8 Å². The van der Waals surface area contributed by atoms with E-state index in [1.165, 1.54) is 9.36 Å². The number of rotatable bonds is 15. The van der Waals surface area contributed by atoms with Crippen LogP contribution in [-0.2, 0) is 32.3 Å². The molecule has 348 valence electrons. The van der Waals surface area contributed by atoms with E-state index in [4.69, 9.17) is 11.5 Å². The first-order chi connectivity index (χ1) is 31.2. The predicted octanol–water partition coefficient (Wildman–Crippen LogP) is 3.62. The molecule has 7 N–H and O–H groups in total. The first kappa shape index (κ1) is 49.8. The standard InChI is InChI=1S/C22H25N7O3.C20H19BrN6O3.C2H7N.CH4/c1-27(2)18-9-5-8-17(24-18)25-19(30)12-28(14-10-11-14)20(31)13-29-16-7-4-3-6-15(16)21(26-29)22(23)32;21-15-6-3-7-16(23-15)24-17(28)10-26(12-8-9-12)18(29)11-27-14-5-2-1-4-13(14)19(25-27)20(22)30;1-3-2;/h3-9,14H,10-13H2,1-2H3,(H2,23,32)(H,24,25,30);1-7,12H,8-11H2,(H2,22,30)(H,23,24,28);3H,1-2H3;1H4. The van der Waals surface area contributed by atoms with Crippen molar-refractivity contribution >= 4 is 90.6 Å². The van der Waals surface area contributed by atoms with E-state index in [0.717, 1.165) is 25.7 Å². The molecule has 2 aliphatic carbocycles. The van der Waals surface area contributed by atoms with Gasteiger partial charge in [-0.05, 0) is 92.1 Å². The minimum atomic E-state index is -0.655. The maximum Gasteiger partial charge on any atom is 0.269 e. The Labute approximate surface area is 390 Å². The molecule has 2 aliphatic rings. The summed E-state index contributed by atoms with van der Waals surface area (Å²) in [7, 11) is 7.48. The number of aromatic nitrogens is 6. The van der Waals surface area contributed by atoms with Crippen molar-refractivity contribution in [3.05, 3.63) is 101 Å². The second-order valence-corrected chi connectivity index (χ2v) is 16.3. The quantitative estimate of drug-likeness (QED) is 0.0925. The van der Waals surface area contributed by atoms with Crippen molar-refractivity contribution in [2.45, 2.75) is 58.3 Å². The van der Waals surface area contributed by atoms with Crippen molar-refractivity contribution < 1.29 is 28.8 Å². The zero-order valence-electron chi connectivity index (χ0n) is 36.4. The van der Waals surface area contributed by atoms with Crippen molar-refractivity contribution in [1.29, 1.82) is 0 Å². The molecule has 6 aromatic rings. The Hall–Kier alpha value is -7.26. The SMILES string of the molecule is C.CN(C)c1cccc(NC(=O)CN(C(=O)Cn2nc(C(N)=O)c3ccccc32)C2CC2)n1.CNC.NC(=O)c1nn(CC(=O)N(CC(=O)Nc2cccc(Br)n2)C2CC2)c2ccccc12. The van der Waals surface area contributed by atoms with Gasteiger partial charge in [0.05, 0.1) is 11.0 Å². The van der Waals surface area contributed by atoms with Gasteiger partial charge in [0.1, 0.15) is 48.2 Å². The minimum Gasteiger partial charge on any atom is -0.364 e. The molecular weight excluding hydrogens is 912 g/mol. The first-order valence-electron chi connectivity index (χ1n) is 20.7. The van der Waals surface area contributed by atoms with Crippen LogP contribution in [0.5, 0.6) is 0 Å². The molecule has 0 radical (unpaired) electrons. The highest BCUT2D eigenvalue weighted by Gasteiger charge is 2.35. The molecule has 2 fully saturated rings. The molecule has 0 aliphatic heterocycles. The van der Waals surface area contributed by atoms with Crippen LogP contribution < -0.4 is 32.3 Å². The van der Waals surface area contributed by atoms with Crippen molar-refractivity contribution in [1.82, 2.24) is 44.6 Å². The smallest absolute Gasteiger partial charge is 0.269 e. The summed E-state index contributed by atoms with van der Waals surface area (Å²) in [5.41, 5.74) is 12.4. The maximum absolute atomic E-state index is 13.1. The fourth-order valence-electron chi connectivity index (χ4n) is 6.81. The van der Waals surface area contributed by atoms with Crippen LogP contribution in [0.15, 0.2) is 89.5 Å². The lowest BCUT2D eigenvalue weighted by Gasteiger charge is -2.22. The van der Waals surface area contributed by atoms with Crippen molar-refractivity contribution in [2.75, 3.05) is 56.8 Å². The number of nitrogens with zero attached hydrogens (tertiary/aromatic N) is 9. The summed E-state index contributed by atoms with van der Waals surface area (Å²) in [6.07, 6.45) is 3.39. The van der Waals surface area contributed by atoms with E-state index in [1.54, 1.807) is 88.7 Å². The molecular formula is C45H55BrN14O6. The van der Waals surface area contributed by atoms with Crippen LogP contribution >= 0.6 is 15.9 Å². The van der Waals surface area contributed by atoms with Crippen LogP contribution in [0.4, 0.5) is 17.5 Å². The lowest BCUT2D eigenvalue weighted by Crippen LogP contribution is -2.41. The Morgan fingerprint density at radius 1 is 0.636 bits per heavy atom. The molecule has 20 nitrogen and oxygen atoms in total. The maximum atomic E-state index is 13.1. The van der Waals surface area contributed by atoms with E-state index in [9.17, 15) is 28.8 Å². The monoisotopic (exact) mass is 966 g/mol. The molecule has 21 heteroatoms. The number of anilines is 3. The van der Waals surface area contributed by atoms with Gasteiger partial charge in [0, 0.05) is 37.0 Å². The Balaban J connectivity index is 0.000000231. The van der Waals surface area contributed by atoms with Gasteiger partial charge in [0.2, 0.25) is 23.6 Å². The zero-order valence-corrected chi connectivity index (χ0v) is 38.0. The van der Waals surface area contributed by atoms with Crippen LogP contribution in [0.25, 0.3) is 21.8 Å². The summed E-state index contributed by atoms with van der Waals surface area (Å²) in [6, 6.07) is 24.8. The third kappa shape index (κ3) is 12.9. The van der Waals surface area contributed by atoms with Crippen molar-refractivity contribution in [2.24, 2.45) is 11.5 Å². The topological polar surface area (TPSA) is 262 Å². The highest BCUT2D eigenvalue weighted by Crippen LogP contribution is 2.29. The summed E-state index contributed by atoms with van der Waals surface area (Å²) < 4.78 is 3.53. The fourth-order valence-corrected chi connectivity index (χ4v) is 7.15. The average molecular weight is 968 g/mol. The van der Waals surface area contributed by atoms with Gasteiger partial charge in [-0.3, -0.25) is 38.1 Å². The average Bonchev–Trinajstić information content (AvgIpc) is 4.22. The van der Waals surface area contributed by atoms with Crippen LogP contribution in [0.2, 0.25) is 0 Å². The lowest BCUT2D eigenvalue weighted by molar-refractivity contribution is -0.136. The summed E-state index contributed by atoms with van der Waals surface area (Å²) in [5.74, 6) is -0.915. The van der Waals surface area contributed by atoms with Gasteiger partial charge < -0.3 is 42.1 Å². The number of amides is 6. The molecule has 66 heavy (non-hydrogen) atoms. The summed E-state index contributed by atoms with van der Waals surface area (Å²) in [6.45, 7) is -0.350. The van der Waals surface area contributed by atoms with Crippen LogP contribution in [-0.4, -0.2) is 128 Å². The van der Waals surface area contributed by atoms with Gasteiger partial charge >= 0.3 is 0 Å². The molecule has 8 rings (SSSR count). The number of hydrogen-bond acceptors (Lipinski definition) is 12. The van der Waals surface area contributed by atoms with Gasteiger partial charge in [-0.2, -0.15) is 10.2 Å². The van der Waals surface area contributed by atoms with Gasteiger partial charge in [-0.15, -0.1) is 0 Å². The first-order valence-corrected chi connectivity index (χ1v) is 21.5. The van der Waals surface area contributed by atoms with Crippen LogP contribution in [0.3, 0.4) is 0 Å². The third-order valence-corrected chi connectivity index (χ3v) is 10.5. The van der Waals surface area contributed by atoms with Crippen molar-refractivity contribution in [3.8, 4) is 0 Å². The summed E-state index contributed by atoms with van der Waals surface area (Å²) in [5, 5.41) is 17.9. The van der Waals surface area contributed by atoms with Crippen LogP contribution in [0, 0.1) is 0 Å². The molecule has 2 aromatic carbocycles. The fraction of sp³-hybridized carbons (Fsp3) is 0.333. The molecule has 6 amide bonds. The normalized spacial score (nSPS) is 12.6.